The maximum atomic E-state index is 6.49. The van der Waals surface area contributed by atoms with Gasteiger partial charge in [-0.2, -0.15) is 0 Å². The first-order valence-corrected chi connectivity index (χ1v) is 1.96. The fourth-order valence-electron chi connectivity index (χ4n) is 0.184. The van der Waals surface area contributed by atoms with Crippen molar-refractivity contribution in [3.05, 3.63) is 37.1 Å². The largest absolute Gasteiger partial charge is 0.309 e. The second kappa shape index (κ2) is 5.02. The van der Waals surface area contributed by atoms with E-state index in [1.165, 1.54) is 12.3 Å². The van der Waals surface area contributed by atoms with Crippen LogP contribution in [0.4, 0.5) is 0 Å². The van der Waals surface area contributed by atoms with E-state index in [0.717, 1.165) is 0 Å². The summed E-state index contributed by atoms with van der Waals surface area (Å²) in [6.07, 6.45) is 7.54. The molecule has 0 rings (SSSR count). The summed E-state index contributed by atoms with van der Waals surface area (Å²) in [5.74, 6) is 0. The van der Waals surface area contributed by atoms with Gasteiger partial charge in [-0.3, -0.25) is 0 Å². The zero-order chi connectivity index (χ0) is 5.54. The molecule has 1 heteroatoms. The lowest BCUT2D eigenvalue weighted by Crippen LogP contribution is -1.50. The predicted molar refractivity (Wildman–Crippen MR) is 30.2 cm³/mol. The van der Waals surface area contributed by atoms with E-state index in [9.17, 15) is 0 Å². The van der Waals surface area contributed by atoms with Crippen LogP contribution < -0.4 is 5.73 Å². The number of hydrogen-bond donors (Lipinski definition) is 0. The van der Waals surface area contributed by atoms with Gasteiger partial charge in [0.2, 0.25) is 0 Å². The number of hydrogen-bond acceptors (Lipinski definition) is 0. The molecule has 0 bridgehead atoms. The lowest BCUT2D eigenvalue weighted by Gasteiger charge is -1.64. The average Bonchev–Trinajstić information content (AvgIpc) is 1.69. The zero-order valence-corrected chi connectivity index (χ0v) is 3.96. The Balaban J connectivity index is 3.27. The van der Waals surface area contributed by atoms with E-state index < -0.39 is 0 Å². The fraction of sp³-hybridized carbons (Fsp3) is 0. The number of rotatable bonds is 2. The van der Waals surface area contributed by atoms with Gasteiger partial charge in [-0.25, -0.2) is 0 Å². The van der Waals surface area contributed by atoms with Crippen molar-refractivity contribution in [1.29, 1.82) is 0 Å². The molecule has 0 spiro atoms. The van der Waals surface area contributed by atoms with Crippen molar-refractivity contribution in [2.45, 2.75) is 0 Å². The molecule has 0 aromatic rings. The summed E-state index contributed by atoms with van der Waals surface area (Å²) in [6.45, 7) is 4.96. The summed E-state index contributed by atoms with van der Waals surface area (Å²) in [6, 6.07) is 0. The Bertz CT molecular complexity index is 90.4. The van der Waals surface area contributed by atoms with E-state index in [-0.39, 0.29) is 0 Å². The van der Waals surface area contributed by atoms with E-state index in [0.29, 0.717) is 0 Å². The molecule has 0 saturated carbocycles. The van der Waals surface area contributed by atoms with E-state index in [1.54, 1.807) is 18.2 Å². The van der Waals surface area contributed by atoms with E-state index in [1.807, 2.05) is 0 Å². The lowest BCUT2D eigenvalue weighted by atomic mass is 10.5. The van der Waals surface area contributed by atoms with Crippen molar-refractivity contribution in [2.75, 3.05) is 0 Å². The van der Waals surface area contributed by atoms with Crippen LogP contribution in [0.5, 0.6) is 0 Å². The first-order valence-electron chi connectivity index (χ1n) is 1.96. The van der Waals surface area contributed by atoms with Crippen molar-refractivity contribution in [1.82, 2.24) is 5.73 Å². The maximum Gasteiger partial charge on any atom is 0.0177 e. The van der Waals surface area contributed by atoms with Gasteiger partial charge in [-0.15, -0.1) is 0 Å². The third-order valence-corrected chi connectivity index (χ3v) is 0.430. The van der Waals surface area contributed by atoms with Crippen molar-refractivity contribution in [3.63, 3.8) is 0 Å². The van der Waals surface area contributed by atoms with Crippen LogP contribution in [0.25, 0.3) is 0 Å². The molecule has 0 amide bonds. The van der Waals surface area contributed by atoms with Gasteiger partial charge in [-0.05, 0) is 6.08 Å². The Morgan fingerprint density at radius 3 is 2.29 bits per heavy atom. The Morgan fingerprint density at radius 2 is 1.86 bits per heavy atom. The second-order valence-corrected chi connectivity index (χ2v) is 0.936. The molecule has 0 atom stereocenters. The summed E-state index contributed by atoms with van der Waals surface area (Å²) in [4.78, 5) is 0. The molecule has 0 aliphatic rings. The topological polar surface area (TPSA) is 23.8 Å². The molecular weight excluding hydrogens is 86.1 g/mol. The summed E-state index contributed by atoms with van der Waals surface area (Å²) in [7, 11) is 0. The Morgan fingerprint density at radius 1 is 1.14 bits per heavy atom. The average molecular weight is 93.1 g/mol. The second-order valence-electron chi connectivity index (χ2n) is 0.936. The van der Waals surface area contributed by atoms with Gasteiger partial charge in [-0.1, -0.05) is 24.8 Å². The molecule has 1 nitrogen and oxygen atoms in total. The predicted octanol–water partition coefficient (Wildman–Crippen LogP) is 1.33. The normalized spacial score (nSPS) is 10.9. The molecule has 0 aromatic heterocycles. The first kappa shape index (κ1) is 6.02. The highest BCUT2D eigenvalue weighted by molar-refractivity contribution is 5.06. The quantitative estimate of drug-likeness (QED) is 0.460. The lowest BCUT2D eigenvalue weighted by molar-refractivity contribution is 1.52. The van der Waals surface area contributed by atoms with Gasteiger partial charge in [0, 0.05) is 6.20 Å². The third kappa shape index (κ3) is 5.02. The molecule has 2 radical (unpaired) electrons. The fourth-order valence-corrected chi connectivity index (χ4v) is 0.184. The zero-order valence-electron chi connectivity index (χ0n) is 3.96. The Hall–Kier alpha value is -0.980. The molecule has 36 valence electrons. The van der Waals surface area contributed by atoms with Gasteiger partial charge in [0.05, 0.1) is 0 Å². The molecule has 7 heavy (non-hydrogen) atoms. The first-order chi connectivity index (χ1) is 3.41. The van der Waals surface area contributed by atoms with Gasteiger partial charge in [0.15, 0.2) is 0 Å². The Kier molecular flexibility index (Phi) is 4.32. The molecule has 0 saturated heterocycles. The van der Waals surface area contributed by atoms with Crippen LogP contribution in [0.1, 0.15) is 0 Å². The highest BCUT2D eigenvalue weighted by Gasteiger charge is 1.53. The molecule has 0 aliphatic carbocycles. The smallest absolute Gasteiger partial charge is 0.0177 e. The van der Waals surface area contributed by atoms with Gasteiger partial charge >= 0.3 is 0 Å². The third-order valence-electron chi connectivity index (χ3n) is 0.430. The number of allylic oxidation sites excluding steroid dienone is 4. The summed E-state index contributed by atoms with van der Waals surface area (Å²) < 4.78 is 0. The van der Waals surface area contributed by atoms with Crippen LogP contribution in [0.2, 0.25) is 0 Å². The van der Waals surface area contributed by atoms with Crippen molar-refractivity contribution < 1.29 is 0 Å². The van der Waals surface area contributed by atoms with Gasteiger partial charge < -0.3 is 5.73 Å². The van der Waals surface area contributed by atoms with E-state index in [4.69, 9.17) is 12.3 Å². The highest BCUT2D eigenvalue weighted by atomic mass is 14.5. The van der Waals surface area contributed by atoms with E-state index >= 15 is 0 Å². The molecule has 0 unspecified atom stereocenters. The van der Waals surface area contributed by atoms with Crippen molar-refractivity contribution in [3.8, 4) is 0 Å². The standard InChI is InChI=1S/C6H7N/c1-2-3-4-5-6-7/h1-7H. The van der Waals surface area contributed by atoms with Crippen molar-refractivity contribution in [2.24, 2.45) is 0 Å². The maximum absolute atomic E-state index is 6.49. The van der Waals surface area contributed by atoms with Crippen molar-refractivity contribution >= 4 is 0 Å². The van der Waals surface area contributed by atoms with Gasteiger partial charge in [0.25, 0.3) is 0 Å². The van der Waals surface area contributed by atoms with Crippen LogP contribution >= 0.6 is 0 Å². The molecule has 0 fully saturated rings. The number of nitrogens with one attached hydrogen (secondary N) is 1. The molecule has 1 N–H and O–H groups in total. The van der Waals surface area contributed by atoms with Crippen LogP contribution in [0.3, 0.4) is 0 Å². The summed E-state index contributed by atoms with van der Waals surface area (Å²) in [5, 5.41) is 0. The van der Waals surface area contributed by atoms with Gasteiger partial charge in [0.1, 0.15) is 0 Å². The summed E-state index contributed by atoms with van der Waals surface area (Å²) in [5.41, 5.74) is 6.49. The monoisotopic (exact) mass is 93.1 g/mol. The Labute approximate surface area is 43.8 Å². The highest BCUT2D eigenvalue weighted by Crippen LogP contribution is 1.72. The minimum absolute atomic E-state index is 1.19. The van der Waals surface area contributed by atoms with Crippen LogP contribution in [-0.2, 0) is 0 Å². The van der Waals surface area contributed by atoms with E-state index in [2.05, 4.69) is 0 Å². The molecule has 0 aliphatic heterocycles. The molecule has 0 heterocycles. The molecule has 0 aromatic carbocycles. The van der Waals surface area contributed by atoms with Crippen LogP contribution in [-0.4, -0.2) is 0 Å². The minimum Gasteiger partial charge on any atom is -0.309 e. The SMILES string of the molecule is [CH]=CC=CC=C[NH]. The van der Waals surface area contributed by atoms with Crippen LogP contribution in [0.15, 0.2) is 30.5 Å². The van der Waals surface area contributed by atoms with Crippen LogP contribution in [0, 0.1) is 6.58 Å². The molecular formula is C6H7N. The minimum atomic E-state index is 1.19. The summed E-state index contributed by atoms with van der Waals surface area (Å²) >= 11 is 0.